The van der Waals surface area contributed by atoms with Crippen LogP contribution in [0.1, 0.15) is 0 Å². The number of methoxy groups -OCH3 is 1. The lowest BCUT2D eigenvalue weighted by molar-refractivity contribution is 0.403. The number of aromatic amines is 1. The van der Waals surface area contributed by atoms with E-state index in [2.05, 4.69) is 30.9 Å². The fraction of sp³-hybridized carbons (Fsp3) is 0.167. The van der Waals surface area contributed by atoms with Gasteiger partial charge in [0.2, 0.25) is 5.88 Å². The molecule has 8 heteroatoms. The molecule has 0 spiro atoms. The number of sulfone groups is 1. The lowest BCUT2D eigenvalue weighted by atomic mass is 10.2. The van der Waals surface area contributed by atoms with Gasteiger partial charge < -0.3 is 9.72 Å². The molecule has 0 unspecified atom stereocenters. The summed E-state index contributed by atoms with van der Waals surface area (Å²) < 4.78 is 29.7. The molecule has 0 amide bonds. The number of fused-ring (bicyclic) bond motifs is 3. The molecule has 0 bridgehead atoms. The maximum atomic E-state index is 11.9. The topological polar surface area (TPSA) is 84.9 Å². The zero-order valence-corrected chi connectivity index (χ0v) is 13.0. The number of ether oxygens (including phenoxy) is 1. The number of halogens is 1. The highest BCUT2D eigenvalue weighted by atomic mass is 79.9. The largest absolute Gasteiger partial charge is 0.480 e. The Morgan fingerprint density at radius 3 is 2.70 bits per heavy atom. The molecule has 1 N–H and O–H groups in total. The Labute approximate surface area is 123 Å². The monoisotopic (exact) mass is 355 g/mol. The van der Waals surface area contributed by atoms with Crippen molar-refractivity contribution in [2.45, 2.75) is 4.90 Å². The summed E-state index contributed by atoms with van der Waals surface area (Å²) in [6, 6.07) is 1.83. The van der Waals surface area contributed by atoms with E-state index in [1.54, 1.807) is 6.20 Å². The van der Waals surface area contributed by atoms with Crippen LogP contribution in [0.5, 0.6) is 5.88 Å². The lowest BCUT2D eigenvalue weighted by Gasteiger charge is -2.04. The van der Waals surface area contributed by atoms with Crippen molar-refractivity contribution in [3.63, 3.8) is 0 Å². The standard InChI is InChI=1S/C12H10BrN3O3S/c1-19-12-9-10-7(3-6(13)4-14-10)16-11(9)8(5-15-12)20(2,17)18/h3-5,16H,1-2H3. The molecule has 3 aromatic rings. The highest BCUT2D eigenvalue weighted by Crippen LogP contribution is 2.34. The highest BCUT2D eigenvalue weighted by molar-refractivity contribution is 9.10. The highest BCUT2D eigenvalue weighted by Gasteiger charge is 2.20. The van der Waals surface area contributed by atoms with E-state index in [0.717, 1.165) is 10.7 Å². The number of pyridine rings is 2. The molecule has 0 aliphatic carbocycles. The van der Waals surface area contributed by atoms with Crippen LogP contribution in [0.3, 0.4) is 0 Å². The van der Waals surface area contributed by atoms with E-state index in [1.165, 1.54) is 13.3 Å². The Kier molecular flexibility index (Phi) is 2.94. The van der Waals surface area contributed by atoms with E-state index in [1.807, 2.05) is 6.07 Å². The SMILES string of the molecule is COc1ncc(S(C)(=O)=O)c2[nH]c3cc(Br)cnc3c12. The average molecular weight is 356 g/mol. The zero-order chi connectivity index (χ0) is 14.5. The Hall–Kier alpha value is -1.67. The quantitative estimate of drug-likeness (QED) is 0.762. The van der Waals surface area contributed by atoms with Gasteiger partial charge >= 0.3 is 0 Å². The first-order chi connectivity index (χ1) is 9.41. The van der Waals surface area contributed by atoms with Gasteiger partial charge in [0, 0.05) is 16.9 Å². The molecule has 0 aliphatic rings. The lowest BCUT2D eigenvalue weighted by Crippen LogP contribution is -2.00. The number of hydrogen-bond donors (Lipinski definition) is 1. The van der Waals surface area contributed by atoms with Gasteiger partial charge in [0.25, 0.3) is 0 Å². The molecule has 0 fully saturated rings. The van der Waals surface area contributed by atoms with E-state index in [4.69, 9.17) is 4.74 Å². The molecule has 0 aromatic carbocycles. The Morgan fingerprint density at radius 2 is 2.05 bits per heavy atom. The second-order valence-corrected chi connectivity index (χ2v) is 7.23. The van der Waals surface area contributed by atoms with Gasteiger partial charge in [0.15, 0.2) is 9.84 Å². The van der Waals surface area contributed by atoms with E-state index in [-0.39, 0.29) is 4.90 Å². The third-order valence-corrected chi connectivity index (χ3v) is 4.50. The van der Waals surface area contributed by atoms with Gasteiger partial charge in [0.05, 0.1) is 29.7 Å². The van der Waals surface area contributed by atoms with Gasteiger partial charge in [-0.05, 0) is 22.0 Å². The first-order valence-corrected chi connectivity index (χ1v) is 8.30. The van der Waals surface area contributed by atoms with E-state index in [0.29, 0.717) is 27.8 Å². The summed E-state index contributed by atoms with van der Waals surface area (Å²) in [6.07, 6.45) is 4.08. The summed E-state index contributed by atoms with van der Waals surface area (Å²) >= 11 is 3.34. The predicted molar refractivity (Wildman–Crippen MR) is 78.8 cm³/mol. The van der Waals surface area contributed by atoms with Gasteiger partial charge in [-0.2, -0.15) is 0 Å². The Bertz CT molecular complexity index is 934. The molecule has 0 atom stereocenters. The smallest absolute Gasteiger partial charge is 0.224 e. The van der Waals surface area contributed by atoms with Crippen LogP contribution in [0.25, 0.3) is 21.9 Å². The first-order valence-electron chi connectivity index (χ1n) is 5.62. The second-order valence-electron chi connectivity index (χ2n) is 4.33. The van der Waals surface area contributed by atoms with Crippen molar-refractivity contribution in [3.8, 4) is 5.88 Å². The number of H-pyrrole nitrogens is 1. The number of nitrogens with one attached hydrogen (secondary N) is 1. The molecule has 104 valence electrons. The maximum absolute atomic E-state index is 11.9. The molecule has 3 heterocycles. The van der Waals surface area contributed by atoms with Crippen LogP contribution < -0.4 is 4.74 Å². The minimum atomic E-state index is -3.40. The molecular weight excluding hydrogens is 346 g/mol. The molecule has 3 rings (SSSR count). The summed E-state index contributed by atoms with van der Waals surface area (Å²) in [5, 5.41) is 0.568. The summed E-state index contributed by atoms with van der Waals surface area (Å²) in [4.78, 5) is 11.6. The van der Waals surface area contributed by atoms with Crippen molar-refractivity contribution in [1.29, 1.82) is 0 Å². The second kappa shape index (κ2) is 4.42. The van der Waals surface area contributed by atoms with Crippen LogP contribution in [0.15, 0.2) is 27.8 Å². The average Bonchev–Trinajstić information content (AvgIpc) is 2.74. The summed E-state index contributed by atoms with van der Waals surface area (Å²) in [7, 11) is -1.92. The van der Waals surface area contributed by atoms with Crippen molar-refractivity contribution in [3.05, 3.63) is 22.9 Å². The Morgan fingerprint density at radius 1 is 1.30 bits per heavy atom. The number of nitrogens with zero attached hydrogens (tertiary/aromatic N) is 2. The molecule has 0 aliphatic heterocycles. The van der Waals surface area contributed by atoms with Gasteiger partial charge in [-0.1, -0.05) is 0 Å². The first kappa shape index (κ1) is 13.3. The number of aromatic nitrogens is 3. The van der Waals surface area contributed by atoms with Crippen LogP contribution >= 0.6 is 15.9 Å². The molecule has 0 radical (unpaired) electrons. The maximum Gasteiger partial charge on any atom is 0.224 e. The van der Waals surface area contributed by atoms with E-state index < -0.39 is 9.84 Å². The molecular formula is C12H10BrN3O3S. The van der Waals surface area contributed by atoms with Crippen molar-refractivity contribution >= 4 is 47.7 Å². The van der Waals surface area contributed by atoms with Crippen molar-refractivity contribution in [2.75, 3.05) is 13.4 Å². The van der Waals surface area contributed by atoms with Crippen molar-refractivity contribution < 1.29 is 13.2 Å². The Balaban J connectivity index is 2.57. The van der Waals surface area contributed by atoms with Crippen LogP contribution in [0, 0.1) is 0 Å². The zero-order valence-electron chi connectivity index (χ0n) is 10.6. The van der Waals surface area contributed by atoms with E-state index in [9.17, 15) is 8.42 Å². The van der Waals surface area contributed by atoms with E-state index >= 15 is 0 Å². The van der Waals surface area contributed by atoms with Gasteiger partial charge in [-0.15, -0.1) is 0 Å². The van der Waals surface area contributed by atoms with Crippen molar-refractivity contribution in [1.82, 2.24) is 15.0 Å². The van der Waals surface area contributed by atoms with Gasteiger partial charge in [-0.25, -0.2) is 13.4 Å². The third-order valence-electron chi connectivity index (χ3n) is 2.95. The summed E-state index contributed by atoms with van der Waals surface area (Å²) in [6.45, 7) is 0. The third kappa shape index (κ3) is 1.95. The molecule has 20 heavy (non-hydrogen) atoms. The van der Waals surface area contributed by atoms with Crippen LogP contribution in [0.2, 0.25) is 0 Å². The fourth-order valence-corrected chi connectivity index (χ4v) is 3.22. The summed E-state index contributed by atoms with van der Waals surface area (Å²) in [5.74, 6) is 0.341. The van der Waals surface area contributed by atoms with Gasteiger partial charge in [-0.3, -0.25) is 4.98 Å². The van der Waals surface area contributed by atoms with Crippen LogP contribution in [0.4, 0.5) is 0 Å². The molecule has 3 aromatic heterocycles. The summed E-state index contributed by atoms with van der Waals surface area (Å²) in [5.41, 5.74) is 1.79. The minimum Gasteiger partial charge on any atom is -0.480 e. The van der Waals surface area contributed by atoms with Gasteiger partial charge in [0.1, 0.15) is 10.4 Å². The van der Waals surface area contributed by atoms with Crippen LogP contribution in [-0.4, -0.2) is 36.7 Å². The fourth-order valence-electron chi connectivity index (χ4n) is 2.12. The molecule has 6 nitrogen and oxygen atoms in total. The predicted octanol–water partition coefficient (Wildman–Crippen LogP) is 2.29. The number of hydrogen-bond acceptors (Lipinski definition) is 5. The molecule has 0 saturated heterocycles. The van der Waals surface area contributed by atoms with Crippen molar-refractivity contribution in [2.24, 2.45) is 0 Å². The minimum absolute atomic E-state index is 0.127. The molecule has 0 saturated carbocycles. The number of rotatable bonds is 2. The van der Waals surface area contributed by atoms with Crippen LogP contribution in [-0.2, 0) is 9.84 Å². The normalized spacial score (nSPS) is 12.2.